The molecule has 2 rings (SSSR count). The monoisotopic (exact) mass is 321 g/mol. The van der Waals surface area contributed by atoms with Crippen molar-refractivity contribution in [3.05, 3.63) is 29.8 Å². The average Bonchev–Trinajstić information content (AvgIpc) is 2.55. The molecule has 1 heterocycles. The normalized spacial score (nSPS) is 16.9. The molecule has 23 heavy (non-hydrogen) atoms. The van der Waals surface area contributed by atoms with Crippen molar-refractivity contribution in [2.24, 2.45) is 0 Å². The molecule has 1 saturated heterocycles. The summed E-state index contributed by atoms with van der Waals surface area (Å²) in [6.07, 6.45) is -0.535. The second kappa shape index (κ2) is 8.74. The molecule has 0 aromatic heterocycles. The molecule has 1 fully saturated rings. The number of rotatable bonds is 6. The fourth-order valence-electron chi connectivity index (χ4n) is 2.57. The van der Waals surface area contributed by atoms with Crippen molar-refractivity contribution < 1.29 is 14.6 Å². The van der Waals surface area contributed by atoms with Crippen LogP contribution in [0.2, 0.25) is 0 Å². The molecular weight excluding hydrogens is 294 g/mol. The van der Waals surface area contributed by atoms with E-state index in [2.05, 4.69) is 10.2 Å². The maximum Gasteiger partial charge on any atom is 0.317 e. The zero-order valence-electron chi connectivity index (χ0n) is 14.0. The Morgan fingerprint density at radius 1 is 1.26 bits per heavy atom. The van der Waals surface area contributed by atoms with E-state index in [0.29, 0.717) is 26.2 Å². The van der Waals surface area contributed by atoms with Gasteiger partial charge in [-0.05, 0) is 26.0 Å². The number of aliphatic hydroxyl groups excluding tert-OH is 1. The summed E-state index contributed by atoms with van der Waals surface area (Å²) in [5.74, 6) is 0.774. The number of carbonyl (C=O) groups is 1. The molecule has 1 unspecified atom stereocenters. The third kappa shape index (κ3) is 5.73. The number of hydrogen-bond acceptors (Lipinski definition) is 4. The standard InChI is InChI=1S/C17H27N3O3/c1-3-18-17(22)20-10-8-19(9-11-20)12-15(21)13-23-16-6-4-14(2)5-7-16/h4-7,15,21H,3,8-13H2,1-2H3,(H,18,22). The molecule has 6 nitrogen and oxygen atoms in total. The Hall–Kier alpha value is -1.79. The highest BCUT2D eigenvalue weighted by atomic mass is 16.5. The highest BCUT2D eigenvalue weighted by Crippen LogP contribution is 2.12. The zero-order chi connectivity index (χ0) is 16.7. The highest BCUT2D eigenvalue weighted by Gasteiger charge is 2.22. The van der Waals surface area contributed by atoms with Crippen molar-refractivity contribution in [2.45, 2.75) is 20.0 Å². The molecule has 128 valence electrons. The Balaban J connectivity index is 1.67. The van der Waals surface area contributed by atoms with Crippen molar-refractivity contribution in [3.63, 3.8) is 0 Å². The van der Waals surface area contributed by atoms with Crippen LogP contribution >= 0.6 is 0 Å². The molecule has 2 amide bonds. The van der Waals surface area contributed by atoms with Crippen molar-refractivity contribution in [2.75, 3.05) is 45.9 Å². The highest BCUT2D eigenvalue weighted by molar-refractivity contribution is 5.74. The van der Waals surface area contributed by atoms with Crippen molar-refractivity contribution in [1.82, 2.24) is 15.1 Å². The molecule has 1 aromatic carbocycles. The van der Waals surface area contributed by atoms with Crippen LogP contribution in [0.5, 0.6) is 5.75 Å². The summed E-state index contributed by atoms with van der Waals surface area (Å²) in [4.78, 5) is 15.7. The van der Waals surface area contributed by atoms with E-state index in [9.17, 15) is 9.90 Å². The van der Waals surface area contributed by atoms with Gasteiger partial charge in [-0.2, -0.15) is 0 Å². The maximum atomic E-state index is 11.7. The van der Waals surface area contributed by atoms with Gasteiger partial charge in [0.05, 0.1) is 0 Å². The van der Waals surface area contributed by atoms with Gasteiger partial charge in [-0.15, -0.1) is 0 Å². The fourth-order valence-corrected chi connectivity index (χ4v) is 2.57. The molecule has 0 radical (unpaired) electrons. The van der Waals surface area contributed by atoms with Crippen LogP contribution < -0.4 is 10.1 Å². The van der Waals surface area contributed by atoms with Gasteiger partial charge >= 0.3 is 6.03 Å². The number of β-amino-alcohol motifs (C(OH)–C–C–N with tert-alkyl or cyclic N) is 1. The first-order valence-electron chi connectivity index (χ1n) is 8.21. The van der Waals surface area contributed by atoms with Crippen LogP contribution in [0, 0.1) is 6.92 Å². The first-order valence-corrected chi connectivity index (χ1v) is 8.21. The molecule has 0 aliphatic carbocycles. The number of hydrogen-bond donors (Lipinski definition) is 2. The summed E-state index contributed by atoms with van der Waals surface area (Å²) in [5.41, 5.74) is 1.18. The van der Waals surface area contributed by atoms with Crippen LogP contribution in [0.25, 0.3) is 0 Å². The molecule has 1 aliphatic rings. The van der Waals surface area contributed by atoms with Crippen LogP contribution in [0.15, 0.2) is 24.3 Å². The third-order valence-corrected chi connectivity index (χ3v) is 3.92. The quantitative estimate of drug-likeness (QED) is 0.823. The molecule has 2 N–H and O–H groups in total. The number of nitrogens with zero attached hydrogens (tertiary/aromatic N) is 2. The van der Waals surface area contributed by atoms with Crippen molar-refractivity contribution in [1.29, 1.82) is 0 Å². The smallest absolute Gasteiger partial charge is 0.317 e. The van der Waals surface area contributed by atoms with E-state index < -0.39 is 6.10 Å². The van der Waals surface area contributed by atoms with Gasteiger partial charge in [-0.1, -0.05) is 17.7 Å². The molecule has 0 saturated carbocycles. The number of benzene rings is 1. The van der Waals surface area contributed by atoms with Gasteiger partial charge in [-0.25, -0.2) is 4.79 Å². The Bertz CT molecular complexity index is 484. The number of carbonyl (C=O) groups excluding carboxylic acids is 1. The zero-order valence-corrected chi connectivity index (χ0v) is 14.0. The maximum absolute atomic E-state index is 11.7. The second-order valence-corrected chi connectivity index (χ2v) is 5.90. The number of aliphatic hydroxyl groups is 1. The van der Waals surface area contributed by atoms with Crippen molar-refractivity contribution >= 4 is 6.03 Å². The minimum absolute atomic E-state index is 0.00426. The minimum atomic E-state index is -0.535. The summed E-state index contributed by atoms with van der Waals surface area (Å²) >= 11 is 0. The van der Waals surface area contributed by atoms with Crippen LogP contribution in [0.3, 0.4) is 0 Å². The van der Waals surface area contributed by atoms with Crippen LogP contribution in [-0.2, 0) is 0 Å². The average molecular weight is 321 g/mol. The largest absolute Gasteiger partial charge is 0.491 e. The minimum Gasteiger partial charge on any atom is -0.491 e. The number of urea groups is 1. The van der Waals surface area contributed by atoms with Gasteiger partial charge in [0.2, 0.25) is 0 Å². The second-order valence-electron chi connectivity index (χ2n) is 5.90. The van der Waals surface area contributed by atoms with E-state index in [4.69, 9.17) is 4.74 Å². The summed E-state index contributed by atoms with van der Waals surface area (Å²) in [6.45, 7) is 8.37. The summed E-state index contributed by atoms with van der Waals surface area (Å²) in [5, 5.41) is 12.9. The molecule has 1 aromatic rings. The number of aryl methyl sites for hydroxylation is 1. The Morgan fingerprint density at radius 3 is 2.52 bits per heavy atom. The molecule has 0 spiro atoms. The Kier molecular flexibility index (Phi) is 6.67. The van der Waals surface area contributed by atoms with Gasteiger partial charge in [-0.3, -0.25) is 4.90 Å². The molecule has 1 atom stereocenters. The fraction of sp³-hybridized carbons (Fsp3) is 0.588. The van der Waals surface area contributed by atoms with E-state index >= 15 is 0 Å². The van der Waals surface area contributed by atoms with Gasteiger partial charge in [0, 0.05) is 39.3 Å². The van der Waals surface area contributed by atoms with Gasteiger partial charge in [0.15, 0.2) is 0 Å². The predicted octanol–water partition coefficient (Wildman–Crippen LogP) is 1.08. The van der Waals surface area contributed by atoms with Gasteiger partial charge in [0.1, 0.15) is 18.5 Å². The lowest BCUT2D eigenvalue weighted by Crippen LogP contribution is -2.53. The Labute approximate surface area is 138 Å². The molecular formula is C17H27N3O3. The van der Waals surface area contributed by atoms with E-state index in [0.717, 1.165) is 18.8 Å². The SMILES string of the molecule is CCNC(=O)N1CCN(CC(O)COc2ccc(C)cc2)CC1. The summed E-state index contributed by atoms with van der Waals surface area (Å²) < 4.78 is 5.60. The molecule has 6 heteroatoms. The van der Waals surface area contributed by atoms with Crippen LogP contribution in [-0.4, -0.2) is 72.9 Å². The topological polar surface area (TPSA) is 65.0 Å². The number of piperazine rings is 1. The van der Waals surface area contributed by atoms with E-state index in [1.54, 1.807) is 0 Å². The lowest BCUT2D eigenvalue weighted by Gasteiger charge is -2.35. The predicted molar refractivity (Wildman–Crippen MR) is 89.8 cm³/mol. The molecule has 0 bridgehead atoms. The van der Waals surface area contributed by atoms with Crippen LogP contribution in [0.4, 0.5) is 4.79 Å². The first-order chi connectivity index (χ1) is 11.1. The summed E-state index contributed by atoms with van der Waals surface area (Å²) in [7, 11) is 0. The Morgan fingerprint density at radius 2 is 1.91 bits per heavy atom. The van der Waals surface area contributed by atoms with Crippen molar-refractivity contribution in [3.8, 4) is 5.75 Å². The van der Waals surface area contributed by atoms with E-state index in [-0.39, 0.29) is 12.6 Å². The van der Waals surface area contributed by atoms with Gasteiger partial charge in [0.25, 0.3) is 0 Å². The number of amides is 2. The number of nitrogens with one attached hydrogen (secondary N) is 1. The van der Waals surface area contributed by atoms with Gasteiger partial charge < -0.3 is 20.1 Å². The van der Waals surface area contributed by atoms with E-state index in [1.165, 1.54) is 5.56 Å². The first kappa shape index (κ1) is 17.6. The van der Waals surface area contributed by atoms with Crippen LogP contribution in [0.1, 0.15) is 12.5 Å². The summed E-state index contributed by atoms with van der Waals surface area (Å²) in [6, 6.07) is 7.79. The lowest BCUT2D eigenvalue weighted by molar-refractivity contribution is 0.0516. The van der Waals surface area contributed by atoms with E-state index in [1.807, 2.05) is 43.0 Å². The third-order valence-electron chi connectivity index (χ3n) is 3.92. The molecule has 1 aliphatic heterocycles. The number of ether oxygens (including phenoxy) is 1. The lowest BCUT2D eigenvalue weighted by atomic mass is 10.2.